The van der Waals surface area contributed by atoms with Crippen molar-refractivity contribution in [2.45, 2.75) is 96.0 Å². The van der Waals surface area contributed by atoms with Crippen molar-refractivity contribution < 1.29 is 23.5 Å². The summed E-state index contributed by atoms with van der Waals surface area (Å²) in [4.78, 5) is 27.3. The van der Waals surface area contributed by atoms with E-state index < -0.39 is 20.5 Å². The summed E-state index contributed by atoms with van der Waals surface area (Å²) in [6, 6.07) is 40.0. The summed E-state index contributed by atoms with van der Waals surface area (Å²) in [5.74, 6) is -0.506. The number of hydrogen-bond acceptors (Lipinski definition) is 5. The Morgan fingerprint density at radius 1 is 0.731 bits per heavy atom. The van der Waals surface area contributed by atoms with E-state index in [0.717, 1.165) is 38.5 Å². The van der Waals surface area contributed by atoms with E-state index in [0.29, 0.717) is 17.5 Å². The zero-order valence-electron chi connectivity index (χ0n) is 31.2. The van der Waals surface area contributed by atoms with Crippen LogP contribution in [0.2, 0.25) is 5.04 Å². The van der Waals surface area contributed by atoms with Crippen LogP contribution in [0.15, 0.2) is 133 Å². The predicted molar refractivity (Wildman–Crippen MR) is 211 cm³/mol. The van der Waals surface area contributed by atoms with E-state index in [1.54, 1.807) is 24.3 Å². The highest BCUT2D eigenvalue weighted by Gasteiger charge is 2.57. The molecule has 0 amide bonds. The van der Waals surface area contributed by atoms with E-state index in [1.165, 1.54) is 10.4 Å². The molecule has 272 valence electrons. The van der Waals surface area contributed by atoms with Crippen LogP contribution in [0.4, 0.5) is 0 Å². The van der Waals surface area contributed by atoms with Gasteiger partial charge in [-0.25, -0.2) is 9.59 Å². The fourth-order valence-corrected chi connectivity index (χ4v) is 13.4. The number of allylic oxidation sites excluding steroid dienone is 1. The lowest BCUT2D eigenvalue weighted by Gasteiger charge is -2.45. The molecule has 0 radical (unpaired) electrons. The molecule has 2 aliphatic rings. The quantitative estimate of drug-likeness (QED) is 0.0564. The largest absolute Gasteiger partial charge is 0.458 e. The Labute approximate surface area is 311 Å². The molecule has 0 spiro atoms. The first-order chi connectivity index (χ1) is 25.2. The third-order valence-corrected chi connectivity index (χ3v) is 16.2. The Kier molecular flexibility index (Phi) is 12.3. The number of hydrogen-bond donors (Lipinski definition) is 0. The molecule has 2 aliphatic carbocycles. The summed E-state index contributed by atoms with van der Waals surface area (Å²) in [6.07, 6.45) is 9.93. The molecule has 6 atom stereocenters. The summed E-state index contributed by atoms with van der Waals surface area (Å²) in [5, 5.41) is 2.39. The van der Waals surface area contributed by atoms with E-state index in [1.807, 2.05) is 36.4 Å². The van der Waals surface area contributed by atoms with E-state index in [-0.39, 0.29) is 40.8 Å². The van der Waals surface area contributed by atoms with Gasteiger partial charge >= 0.3 is 11.9 Å². The fourth-order valence-electron chi connectivity index (χ4n) is 8.73. The second-order valence-corrected chi connectivity index (χ2v) is 19.8. The Morgan fingerprint density at radius 2 is 1.27 bits per heavy atom. The molecule has 0 N–H and O–H groups in total. The maximum Gasteiger partial charge on any atom is 0.338 e. The Morgan fingerprint density at radius 3 is 1.81 bits per heavy atom. The van der Waals surface area contributed by atoms with Gasteiger partial charge in [-0.1, -0.05) is 144 Å². The minimum atomic E-state index is -2.79. The monoisotopic (exact) mass is 714 g/mol. The Bertz CT molecular complexity index is 1710. The third kappa shape index (κ3) is 8.34. The summed E-state index contributed by atoms with van der Waals surface area (Å²) < 4.78 is 20.5. The lowest BCUT2D eigenvalue weighted by Crippen LogP contribution is -2.67. The lowest BCUT2D eigenvalue weighted by atomic mass is 9.86. The molecule has 2 saturated carbocycles. The second-order valence-electron chi connectivity index (χ2n) is 15.6. The highest BCUT2D eigenvalue weighted by molar-refractivity contribution is 6.99. The van der Waals surface area contributed by atoms with Gasteiger partial charge in [-0.15, -0.1) is 0 Å². The lowest BCUT2D eigenvalue weighted by molar-refractivity contribution is -0.0211. The van der Waals surface area contributed by atoms with Crippen LogP contribution in [-0.2, 0) is 13.9 Å². The van der Waals surface area contributed by atoms with Crippen LogP contribution in [-0.4, -0.2) is 38.6 Å². The van der Waals surface area contributed by atoms with Gasteiger partial charge in [0.2, 0.25) is 0 Å². The van der Waals surface area contributed by atoms with E-state index in [4.69, 9.17) is 13.9 Å². The van der Waals surface area contributed by atoms with Crippen molar-refractivity contribution in [2.24, 2.45) is 17.8 Å². The summed E-state index contributed by atoms with van der Waals surface area (Å²) >= 11 is 0. The molecule has 0 aromatic heterocycles. The number of carbonyl (C=O) groups is 2. The van der Waals surface area contributed by atoms with Gasteiger partial charge in [0, 0.05) is 12.0 Å². The van der Waals surface area contributed by atoms with Crippen molar-refractivity contribution in [3.8, 4) is 0 Å². The third-order valence-electron chi connectivity index (χ3n) is 11.1. The number of carbonyl (C=O) groups excluding carboxylic acids is 2. The van der Waals surface area contributed by atoms with E-state index >= 15 is 0 Å². The van der Waals surface area contributed by atoms with Crippen molar-refractivity contribution >= 4 is 30.6 Å². The Balaban J connectivity index is 1.35. The normalized spacial score (nSPS) is 22.2. The Hall–Kier alpha value is -4.26. The van der Waals surface area contributed by atoms with E-state index in [2.05, 4.69) is 101 Å². The van der Waals surface area contributed by atoms with Crippen LogP contribution >= 0.6 is 0 Å². The molecule has 2 fully saturated rings. The topological polar surface area (TPSA) is 61.8 Å². The van der Waals surface area contributed by atoms with Gasteiger partial charge in [-0.2, -0.15) is 0 Å². The molecule has 0 bridgehead atoms. The number of benzene rings is 4. The minimum absolute atomic E-state index is 0.00795. The summed E-state index contributed by atoms with van der Waals surface area (Å²) in [7, 11) is -2.79. The fraction of sp³-hybridized carbons (Fsp3) is 0.391. The van der Waals surface area contributed by atoms with Gasteiger partial charge in [0.15, 0.2) is 0 Å². The van der Waals surface area contributed by atoms with Gasteiger partial charge in [-0.05, 0) is 89.7 Å². The average molecular weight is 715 g/mol. The van der Waals surface area contributed by atoms with E-state index in [9.17, 15) is 9.59 Å². The van der Waals surface area contributed by atoms with Gasteiger partial charge in [0.05, 0.1) is 11.1 Å². The molecular weight excluding hydrogens is 661 g/mol. The first-order valence-electron chi connectivity index (χ1n) is 19.2. The predicted octanol–water partition coefficient (Wildman–Crippen LogP) is 9.57. The maximum absolute atomic E-state index is 13.7. The van der Waals surface area contributed by atoms with Crippen LogP contribution < -0.4 is 10.4 Å². The maximum atomic E-state index is 13.7. The number of fused-ring (bicyclic) bond motifs is 1. The first-order valence-corrected chi connectivity index (χ1v) is 21.1. The molecule has 6 rings (SSSR count). The zero-order valence-corrected chi connectivity index (χ0v) is 32.2. The van der Waals surface area contributed by atoms with Crippen molar-refractivity contribution in [3.63, 3.8) is 0 Å². The SMILES string of the molecule is CCCCC/C=C/[C@H](OC(=O)c1ccccc1)[C@@H]1[C@H]2C[C@@H](O[Si](c3ccccc3)(c3ccccc3)C(C)(C)C)C[C@H]2C[C@H]1OC(=O)c1ccccc1. The summed E-state index contributed by atoms with van der Waals surface area (Å²) in [5.41, 5.74) is 1.04. The molecular formula is C46H54O5Si. The van der Waals surface area contributed by atoms with Gasteiger partial charge < -0.3 is 13.9 Å². The molecule has 0 unspecified atom stereocenters. The average Bonchev–Trinajstić information content (AvgIpc) is 3.70. The number of unbranched alkanes of at least 4 members (excludes halogenated alkanes) is 3. The highest BCUT2D eigenvalue weighted by atomic mass is 28.4. The molecule has 0 saturated heterocycles. The number of ether oxygens (including phenoxy) is 2. The smallest absolute Gasteiger partial charge is 0.338 e. The van der Waals surface area contributed by atoms with Crippen LogP contribution in [0, 0.1) is 17.8 Å². The van der Waals surface area contributed by atoms with Gasteiger partial charge in [-0.3, -0.25) is 0 Å². The second kappa shape index (κ2) is 17.0. The first kappa shape index (κ1) is 37.5. The molecule has 4 aromatic carbocycles. The number of rotatable bonds is 14. The number of esters is 2. The molecule has 52 heavy (non-hydrogen) atoms. The highest BCUT2D eigenvalue weighted by Crippen LogP contribution is 2.53. The van der Waals surface area contributed by atoms with Crippen molar-refractivity contribution in [2.75, 3.05) is 0 Å². The van der Waals surface area contributed by atoms with Crippen molar-refractivity contribution in [1.29, 1.82) is 0 Å². The molecule has 5 nitrogen and oxygen atoms in total. The molecule has 0 heterocycles. The minimum Gasteiger partial charge on any atom is -0.458 e. The van der Waals surface area contributed by atoms with Crippen LogP contribution in [0.3, 0.4) is 0 Å². The molecule has 4 aromatic rings. The summed E-state index contributed by atoms with van der Waals surface area (Å²) in [6.45, 7) is 9.15. The van der Waals surface area contributed by atoms with Crippen LogP contribution in [0.1, 0.15) is 93.4 Å². The zero-order chi connectivity index (χ0) is 36.6. The van der Waals surface area contributed by atoms with Crippen LogP contribution in [0.25, 0.3) is 0 Å². The standard InChI is InChI=1S/C46H54O5Si/c1-5-6-7-8-21-30-41(49-44(47)34-22-13-9-14-23-34)43-40-33-37(31-36(40)32-42(43)50-45(48)35-24-15-10-16-25-35)51-52(46(2,3)4,38-26-17-11-18-27-38)39-28-19-12-20-29-39/h9-30,36-37,40-43H,5-8,31-33H2,1-4H3/b30-21+/t36-,37-,40-,41-,42+,43-/m0/s1. The van der Waals surface area contributed by atoms with Gasteiger partial charge in [0.25, 0.3) is 8.32 Å². The van der Waals surface area contributed by atoms with Crippen molar-refractivity contribution in [3.05, 3.63) is 145 Å². The van der Waals surface area contributed by atoms with Crippen LogP contribution in [0.5, 0.6) is 0 Å². The molecule has 6 heteroatoms. The van der Waals surface area contributed by atoms with Crippen molar-refractivity contribution in [1.82, 2.24) is 0 Å². The van der Waals surface area contributed by atoms with Gasteiger partial charge in [0.1, 0.15) is 12.2 Å². The molecule has 0 aliphatic heterocycles.